The lowest BCUT2D eigenvalue weighted by molar-refractivity contribution is 0.188. The van der Waals surface area contributed by atoms with Crippen LogP contribution in [0.5, 0.6) is 0 Å². The van der Waals surface area contributed by atoms with Crippen LogP contribution in [0.3, 0.4) is 0 Å². The Morgan fingerprint density at radius 3 is 2.92 bits per heavy atom. The summed E-state index contributed by atoms with van der Waals surface area (Å²) in [7, 11) is 0. The molecule has 0 aliphatic carbocycles. The lowest BCUT2D eigenvalue weighted by Gasteiger charge is -2.30. The molecule has 0 saturated carbocycles. The summed E-state index contributed by atoms with van der Waals surface area (Å²) in [6.07, 6.45) is 3.85. The quantitative estimate of drug-likeness (QED) is 0.245. The van der Waals surface area contributed by atoms with E-state index in [0.717, 1.165) is 60.2 Å². The molecule has 0 radical (unpaired) electrons. The molecule has 37 heavy (non-hydrogen) atoms. The zero-order chi connectivity index (χ0) is 24.8. The first-order chi connectivity index (χ1) is 18.2. The number of aromatic nitrogens is 5. The SMILES string of the molecule is Clc1cc(-c2n[nH]c3ccc(-c4nnc([C@@H]5CCCN(Cc6cc7ccccc7s6)C5)o4)cc23)ccn1. The number of rotatable bonds is 5. The number of pyridine rings is 1. The van der Waals surface area contributed by atoms with Crippen molar-refractivity contribution in [2.75, 3.05) is 13.1 Å². The van der Waals surface area contributed by atoms with Gasteiger partial charge in [0.2, 0.25) is 11.8 Å². The van der Waals surface area contributed by atoms with Gasteiger partial charge in [-0.1, -0.05) is 29.8 Å². The Kier molecular flexibility index (Phi) is 5.72. The van der Waals surface area contributed by atoms with Gasteiger partial charge in [0.1, 0.15) is 10.8 Å². The molecule has 1 aliphatic heterocycles. The van der Waals surface area contributed by atoms with Crippen LogP contribution in [-0.2, 0) is 6.54 Å². The second-order valence-corrected chi connectivity index (χ2v) is 11.0. The van der Waals surface area contributed by atoms with E-state index in [-0.39, 0.29) is 5.92 Å². The van der Waals surface area contributed by atoms with Crippen LogP contribution in [0.25, 0.3) is 43.7 Å². The number of aromatic amines is 1. The van der Waals surface area contributed by atoms with Gasteiger partial charge in [0.15, 0.2) is 0 Å². The molecule has 1 saturated heterocycles. The van der Waals surface area contributed by atoms with Crippen molar-refractivity contribution in [3.8, 4) is 22.7 Å². The molecule has 1 fully saturated rings. The molecule has 4 aromatic heterocycles. The highest BCUT2D eigenvalue weighted by Gasteiger charge is 2.26. The van der Waals surface area contributed by atoms with Gasteiger partial charge in [0.25, 0.3) is 0 Å². The summed E-state index contributed by atoms with van der Waals surface area (Å²) in [6, 6.07) is 20.6. The molecule has 0 spiro atoms. The maximum Gasteiger partial charge on any atom is 0.247 e. The van der Waals surface area contributed by atoms with Crippen molar-refractivity contribution in [1.29, 1.82) is 0 Å². The third-order valence-corrected chi connectivity index (χ3v) is 8.27. The minimum atomic E-state index is 0.233. The van der Waals surface area contributed by atoms with Gasteiger partial charge in [0.05, 0.1) is 11.4 Å². The number of nitrogens with zero attached hydrogens (tertiary/aromatic N) is 5. The van der Waals surface area contributed by atoms with Gasteiger partial charge in [-0.2, -0.15) is 5.10 Å². The number of piperidine rings is 1. The van der Waals surface area contributed by atoms with Crippen molar-refractivity contribution in [3.63, 3.8) is 0 Å². The second kappa shape index (κ2) is 9.37. The molecule has 184 valence electrons. The Hall–Kier alpha value is -3.59. The lowest BCUT2D eigenvalue weighted by Crippen LogP contribution is -2.33. The predicted molar refractivity (Wildman–Crippen MR) is 147 cm³/mol. The van der Waals surface area contributed by atoms with Crippen molar-refractivity contribution >= 4 is 43.9 Å². The minimum absolute atomic E-state index is 0.233. The van der Waals surface area contributed by atoms with Crippen LogP contribution in [0.2, 0.25) is 5.15 Å². The zero-order valence-electron chi connectivity index (χ0n) is 19.9. The van der Waals surface area contributed by atoms with Crippen LogP contribution in [-0.4, -0.2) is 43.4 Å². The van der Waals surface area contributed by atoms with Crippen molar-refractivity contribution in [2.45, 2.75) is 25.3 Å². The Balaban J connectivity index is 1.12. The van der Waals surface area contributed by atoms with E-state index in [1.807, 2.05) is 41.7 Å². The summed E-state index contributed by atoms with van der Waals surface area (Å²) in [5, 5.41) is 19.2. The third kappa shape index (κ3) is 4.41. The largest absolute Gasteiger partial charge is 0.420 e. The number of nitrogens with one attached hydrogen (secondary N) is 1. The highest BCUT2D eigenvalue weighted by molar-refractivity contribution is 7.19. The number of benzene rings is 2. The molecule has 5 heterocycles. The van der Waals surface area contributed by atoms with Crippen LogP contribution in [0.4, 0.5) is 0 Å². The second-order valence-electron chi connectivity index (χ2n) is 9.47. The zero-order valence-corrected chi connectivity index (χ0v) is 21.5. The average molecular weight is 527 g/mol. The number of fused-ring (bicyclic) bond motifs is 2. The molecule has 1 aliphatic rings. The fourth-order valence-corrected chi connectivity index (χ4v) is 6.45. The van der Waals surface area contributed by atoms with Crippen LogP contribution < -0.4 is 0 Å². The van der Waals surface area contributed by atoms with E-state index in [2.05, 4.69) is 60.6 Å². The number of likely N-dealkylation sites (tertiary alicyclic amines) is 1. The lowest BCUT2D eigenvalue weighted by atomic mass is 9.98. The third-order valence-electron chi connectivity index (χ3n) is 6.96. The normalized spacial score (nSPS) is 16.6. The van der Waals surface area contributed by atoms with Crippen LogP contribution in [0.1, 0.15) is 29.5 Å². The molecule has 1 atom stereocenters. The maximum atomic E-state index is 6.24. The van der Waals surface area contributed by atoms with E-state index in [1.165, 1.54) is 15.0 Å². The van der Waals surface area contributed by atoms with E-state index < -0.39 is 0 Å². The van der Waals surface area contributed by atoms with Crippen LogP contribution in [0, 0.1) is 0 Å². The molecular weight excluding hydrogens is 504 g/mol. The fraction of sp³-hybridized carbons (Fsp3) is 0.214. The Bertz CT molecular complexity index is 1690. The Morgan fingerprint density at radius 1 is 1.05 bits per heavy atom. The van der Waals surface area contributed by atoms with Gasteiger partial charge in [0, 0.05) is 45.4 Å². The van der Waals surface area contributed by atoms with E-state index in [0.29, 0.717) is 16.9 Å². The molecule has 0 bridgehead atoms. The number of H-pyrrole nitrogens is 1. The van der Waals surface area contributed by atoms with E-state index in [4.69, 9.17) is 16.0 Å². The summed E-state index contributed by atoms with van der Waals surface area (Å²) < 4.78 is 7.58. The predicted octanol–water partition coefficient (Wildman–Crippen LogP) is 6.92. The van der Waals surface area contributed by atoms with Crippen molar-refractivity contribution in [2.24, 2.45) is 0 Å². The first-order valence-electron chi connectivity index (χ1n) is 12.3. The summed E-state index contributed by atoms with van der Waals surface area (Å²) in [5.41, 5.74) is 3.50. The minimum Gasteiger partial charge on any atom is -0.420 e. The molecule has 1 N–H and O–H groups in total. The molecule has 9 heteroatoms. The van der Waals surface area contributed by atoms with Crippen LogP contribution in [0.15, 0.2) is 71.3 Å². The van der Waals surface area contributed by atoms with Crippen molar-refractivity contribution < 1.29 is 4.42 Å². The highest BCUT2D eigenvalue weighted by Crippen LogP contribution is 2.34. The Labute approximate surface area is 222 Å². The van der Waals surface area contributed by atoms with Crippen LogP contribution >= 0.6 is 22.9 Å². The molecule has 7 nitrogen and oxygen atoms in total. The smallest absolute Gasteiger partial charge is 0.247 e. The van der Waals surface area contributed by atoms with E-state index in [1.54, 1.807) is 6.20 Å². The summed E-state index contributed by atoms with van der Waals surface area (Å²) in [6.45, 7) is 2.96. The molecule has 0 amide bonds. The van der Waals surface area contributed by atoms with Gasteiger partial charge in [-0.25, -0.2) is 4.98 Å². The topological polar surface area (TPSA) is 83.7 Å². The van der Waals surface area contributed by atoms with Gasteiger partial charge in [-0.05, 0) is 67.2 Å². The Morgan fingerprint density at radius 2 is 2.00 bits per heavy atom. The monoisotopic (exact) mass is 526 g/mol. The standard InChI is InChI=1S/C28H23ClN6OS/c29-25-14-18(9-10-30-25)26-22-13-19(7-8-23(22)31-32-26)27-33-34-28(36-27)20-5-3-11-35(15-20)16-21-12-17-4-1-2-6-24(17)37-21/h1-2,4,6-10,12-14,20H,3,5,11,15-16H2,(H,31,32)/t20-/m1/s1. The van der Waals surface area contributed by atoms with Gasteiger partial charge < -0.3 is 4.42 Å². The summed E-state index contributed by atoms with van der Waals surface area (Å²) in [5.74, 6) is 1.47. The molecular formula is C28H23ClN6OS. The first kappa shape index (κ1) is 22.6. The van der Waals surface area contributed by atoms with Gasteiger partial charge in [-0.15, -0.1) is 21.5 Å². The number of hydrogen-bond donors (Lipinski definition) is 1. The number of halogens is 1. The molecule has 7 rings (SSSR count). The molecule has 6 aromatic rings. The number of hydrogen-bond acceptors (Lipinski definition) is 7. The van der Waals surface area contributed by atoms with E-state index >= 15 is 0 Å². The number of thiophene rings is 1. The van der Waals surface area contributed by atoms with Crippen molar-refractivity contribution in [3.05, 3.63) is 82.8 Å². The first-order valence-corrected chi connectivity index (χ1v) is 13.5. The van der Waals surface area contributed by atoms with Gasteiger partial charge in [-0.3, -0.25) is 10.00 Å². The highest BCUT2D eigenvalue weighted by atomic mass is 35.5. The molecule has 2 aromatic carbocycles. The average Bonchev–Trinajstić information content (AvgIpc) is 3.66. The summed E-state index contributed by atoms with van der Waals surface area (Å²) in [4.78, 5) is 7.97. The molecule has 0 unspecified atom stereocenters. The van der Waals surface area contributed by atoms with E-state index in [9.17, 15) is 0 Å². The maximum absolute atomic E-state index is 6.24. The van der Waals surface area contributed by atoms with Crippen molar-refractivity contribution in [1.82, 2.24) is 30.3 Å². The van der Waals surface area contributed by atoms with Gasteiger partial charge >= 0.3 is 0 Å². The fourth-order valence-electron chi connectivity index (χ4n) is 5.17. The summed E-state index contributed by atoms with van der Waals surface area (Å²) >= 11 is 7.99.